The summed E-state index contributed by atoms with van der Waals surface area (Å²) in [4.78, 5) is 15.4. The highest BCUT2D eigenvalue weighted by Crippen LogP contribution is 2.36. The van der Waals surface area contributed by atoms with Gasteiger partial charge in [0.2, 0.25) is 0 Å². The minimum absolute atomic E-state index is 0.0216. The van der Waals surface area contributed by atoms with E-state index in [1.807, 2.05) is 18.4 Å². The second-order valence-electron chi connectivity index (χ2n) is 3.88. The summed E-state index contributed by atoms with van der Waals surface area (Å²) in [5, 5.41) is 16.4. The number of aromatic carboxylic acids is 1. The second-order valence-corrected chi connectivity index (χ2v) is 5.94. The van der Waals surface area contributed by atoms with Crippen molar-refractivity contribution in [1.29, 1.82) is 0 Å². The molecule has 0 bridgehead atoms. The summed E-state index contributed by atoms with van der Waals surface area (Å²) in [5.74, 6) is -1.56. The van der Waals surface area contributed by atoms with Crippen molar-refractivity contribution in [2.75, 3.05) is 5.43 Å². The van der Waals surface area contributed by atoms with Gasteiger partial charge >= 0.3 is 0 Å². The van der Waals surface area contributed by atoms with Crippen LogP contribution in [0.5, 0.6) is 0 Å². The molecular weight excluding hydrogens is 357 g/mol. The zero-order valence-electron chi connectivity index (χ0n) is 10.5. The van der Waals surface area contributed by atoms with Gasteiger partial charge in [-0.05, 0) is 23.9 Å². The minimum atomic E-state index is -1.56. The Labute approximate surface area is 139 Å². The molecule has 2 aromatic rings. The Hall–Kier alpha value is -1.34. The molecule has 0 saturated carbocycles. The SMILES string of the molecule is Cc1ccsc1/C=N\Nc1c(Cl)c(Cl)nc(C(=O)[O-])c1Cl. The van der Waals surface area contributed by atoms with Gasteiger partial charge in [-0.15, -0.1) is 11.3 Å². The maximum Gasteiger partial charge on any atom is 0.150 e. The number of rotatable bonds is 4. The molecule has 0 aliphatic heterocycles. The number of hydrogen-bond acceptors (Lipinski definition) is 6. The van der Waals surface area contributed by atoms with Crippen molar-refractivity contribution in [2.24, 2.45) is 5.10 Å². The first-order valence-electron chi connectivity index (χ1n) is 5.50. The van der Waals surface area contributed by atoms with Crippen LogP contribution in [0.1, 0.15) is 20.9 Å². The Morgan fingerprint density at radius 1 is 1.43 bits per heavy atom. The number of hydrazone groups is 1. The number of carbonyl (C=O) groups is 1. The van der Waals surface area contributed by atoms with E-state index >= 15 is 0 Å². The van der Waals surface area contributed by atoms with E-state index < -0.39 is 11.7 Å². The molecule has 5 nitrogen and oxygen atoms in total. The molecule has 0 saturated heterocycles. The van der Waals surface area contributed by atoms with Crippen LogP contribution >= 0.6 is 46.1 Å². The number of anilines is 1. The Morgan fingerprint density at radius 3 is 2.71 bits per heavy atom. The second kappa shape index (κ2) is 6.62. The van der Waals surface area contributed by atoms with Gasteiger partial charge < -0.3 is 9.90 Å². The summed E-state index contributed by atoms with van der Waals surface area (Å²) in [5.41, 5.74) is 3.20. The van der Waals surface area contributed by atoms with Crippen LogP contribution < -0.4 is 10.5 Å². The molecule has 0 fully saturated rings. The zero-order valence-corrected chi connectivity index (χ0v) is 13.6. The predicted molar refractivity (Wildman–Crippen MR) is 83.9 cm³/mol. The molecular formula is C12H7Cl3N3O2S-. The van der Waals surface area contributed by atoms with Crippen LogP contribution in [-0.4, -0.2) is 17.2 Å². The number of carboxylic acids is 1. The highest BCUT2D eigenvalue weighted by molar-refractivity contribution is 7.11. The number of aromatic nitrogens is 1. The topological polar surface area (TPSA) is 77.4 Å². The summed E-state index contributed by atoms with van der Waals surface area (Å²) < 4.78 is 0. The number of nitrogens with one attached hydrogen (secondary N) is 1. The van der Waals surface area contributed by atoms with Crippen molar-refractivity contribution in [1.82, 2.24) is 4.98 Å². The molecule has 0 aromatic carbocycles. The highest BCUT2D eigenvalue weighted by Gasteiger charge is 2.16. The smallest absolute Gasteiger partial charge is 0.150 e. The normalized spacial score (nSPS) is 11.0. The highest BCUT2D eigenvalue weighted by atomic mass is 35.5. The van der Waals surface area contributed by atoms with E-state index in [0.717, 1.165) is 10.4 Å². The lowest BCUT2D eigenvalue weighted by Crippen LogP contribution is -2.24. The molecule has 2 aromatic heterocycles. The van der Waals surface area contributed by atoms with Gasteiger partial charge in [-0.25, -0.2) is 4.98 Å². The van der Waals surface area contributed by atoms with Crippen LogP contribution in [-0.2, 0) is 0 Å². The fraction of sp³-hybridized carbons (Fsp3) is 0.0833. The molecule has 0 aliphatic carbocycles. The standard InChI is InChI=1S/C12H8Cl3N3O2S/c1-5-2-3-21-6(5)4-16-18-9-7(13)10(12(19)20)17-11(15)8(9)14/h2-4H,1H3,(H,17,18)(H,19,20)/p-1/b16-4-. The van der Waals surface area contributed by atoms with Gasteiger partial charge in [-0.2, -0.15) is 5.10 Å². The van der Waals surface area contributed by atoms with Crippen LogP contribution in [0.3, 0.4) is 0 Å². The molecule has 2 rings (SSSR count). The monoisotopic (exact) mass is 362 g/mol. The molecule has 0 unspecified atom stereocenters. The van der Waals surface area contributed by atoms with E-state index in [2.05, 4.69) is 15.5 Å². The van der Waals surface area contributed by atoms with Gasteiger partial charge in [0.1, 0.15) is 10.7 Å². The third kappa shape index (κ3) is 3.47. The van der Waals surface area contributed by atoms with Crippen molar-refractivity contribution in [2.45, 2.75) is 6.92 Å². The molecule has 2 heterocycles. The van der Waals surface area contributed by atoms with Crippen LogP contribution in [0.4, 0.5) is 5.69 Å². The molecule has 0 aliphatic rings. The van der Waals surface area contributed by atoms with Gasteiger partial charge in [0.25, 0.3) is 0 Å². The number of thiophene rings is 1. The van der Waals surface area contributed by atoms with E-state index in [-0.39, 0.29) is 20.9 Å². The molecule has 110 valence electrons. The molecule has 0 spiro atoms. The number of hydrogen-bond donors (Lipinski definition) is 1. The first-order chi connectivity index (χ1) is 9.91. The van der Waals surface area contributed by atoms with Crippen molar-refractivity contribution in [3.05, 3.63) is 42.8 Å². The van der Waals surface area contributed by atoms with Crippen LogP contribution in [0.15, 0.2) is 16.5 Å². The van der Waals surface area contributed by atoms with Crippen molar-refractivity contribution in [3.8, 4) is 0 Å². The fourth-order valence-corrected chi connectivity index (χ4v) is 2.87. The quantitative estimate of drug-likeness (QED) is 0.514. The lowest BCUT2D eigenvalue weighted by Gasteiger charge is -2.12. The third-order valence-corrected chi connectivity index (χ3v) is 4.55. The Morgan fingerprint density at radius 2 is 2.14 bits per heavy atom. The van der Waals surface area contributed by atoms with Gasteiger partial charge in [-0.3, -0.25) is 5.43 Å². The van der Waals surface area contributed by atoms with Crippen molar-refractivity contribution >= 4 is 64.0 Å². The zero-order chi connectivity index (χ0) is 15.6. The lowest BCUT2D eigenvalue weighted by molar-refractivity contribution is -0.255. The maximum absolute atomic E-state index is 10.9. The van der Waals surface area contributed by atoms with Gasteiger partial charge in [-0.1, -0.05) is 34.8 Å². The summed E-state index contributed by atoms with van der Waals surface area (Å²) in [7, 11) is 0. The molecule has 1 N–H and O–H groups in total. The van der Waals surface area contributed by atoms with Crippen LogP contribution in [0, 0.1) is 6.92 Å². The summed E-state index contributed by atoms with van der Waals surface area (Å²) in [6.07, 6.45) is 1.57. The summed E-state index contributed by atoms with van der Waals surface area (Å²) in [6, 6.07) is 1.95. The van der Waals surface area contributed by atoms with Crippen LogP contribution in [0.2, 0.25) is 15.2 Å². The largest absolute Gasteiger partial charge is 0.543 e. The van der Waals surface area contributed by atoms with Gasteiger partial charge in [0.15, 0.2) is 5.15 Å². The molecule has 0 radical (unpaired) electrons. The molecule has 0 atom stereocenters. The summed E-state index contributed by atoms with van der Waals surface area (Å²) >= 11 is 19.1. The average molecular weight is 364 g/mol. The van der Waals surface area contributed by atoms with Crippen LogP contribution in [0.25, 0.3) is 0 Å². The number of carbonyl (C=O) groups excluding carboxylic acids is 1. The summed E-state index contributed by atoms with van der Waals surface area (Å²) in [6.45, 7) is 1.94. The number of aryl methyl sites for hydroxylation is 1. The first-order valence-corrected chi connectivity index (χ1v) is 7.52. The first kappa shape index (κ1) is 16.0. The third-order valence-electron chi connectivity index (χ3n) is 2.49. The average Bonchev–Trinajstić information content (AvgIpc) is 2.83. The molecule has 21 heavy (non-hydrogen) atoms. The Kier molecular flexibility index (Phi) is 5.05. The molecule has 0 amide bonds. The predicted octanol–water partition coefficient (Wildman–Crippen LogP) is 3.22. The Balaban J connectivity index is 2.34. The van der Waals surface area contributed by atoms with E-state index in [0.29, 0.717) is 0 Å². The van der Waals surface area contributed by atoms with E-state index in [4.69, 9.17) is 34.8 Å². The van der Waals surface area contributed by atoms with E-state index in [1.165, 1.54) is 11.3 Å². The van der Waals surface area contributed by atoms with Crippen molar-refractivity contribution < 1.29 is 9.90 Å². The number of nitrogens with zero attached hydrogens (tertiary/aromatic N) is 2. The van der Waals surface area contributed by atoms with E-state index in [1.54, 1.807) is 6.21 Å². The lowest BCUT2D eigenvalue weighted by atomic mass is 10.3. The van der Waals surface area contributed by atoms with Crippen molar-refractivity contribution in [3.63, 3.8) is 0 Å². The minimum Gasteiger partial charge on any atom is -0.543 e. The Bertz CT molecular complexity index is 731. The fourth-order valence-electron chi connectivity index (χ4n) is 1.42. The number of pyridine rings is 1. The number of halogens is 3. The maximum atomic E-state index is 10.9. The molecule has 9 heteroatoms. The van der Waals surface area contributed by atoms with E-state index in [9.17, 15) is 9.90 Å². The van der Waals surface area contributed by atoms with Gasteiger partial charge in [0.05, 0.1) is 22.9 Å². The number of carboxylic acid groups (broad SMARTS) is 1. The van der Waals surface area contributed by atoms with Gasteiger partial charge in [0, 0.05) is 4.88 Å².